The summed E-state index contributed by atoms with van der Waals surface area (Å²) in [6.07, 6.45) is 0. The Kier molecular flexibility index (Phi) is 2.91. The lowest BCUT2D eigenvalue weighted by atomic mass is 9.69. The molecule has 0 aliphatic carbocycles. The number of carboxylic acid groups (broad SMARTS) is 1. The number of aliphatic carboxylic acids is 1. The molecule has 1 aromatic carbocycles. The standard InChI is InChI=1S/C13H15FO3/c1-8-5-10(3-4-11(8)14)13(6-17-7-13)9(2)12(15)16/h3-5,9H,6-7H2,1-2H3,(H,15,16). The molecule has 1 aromatic rings. The summed E-state index contributed by atoms with van der Waals surface area (Å²) in [6, 6.07) is 4.76. The van der Waals surface area contributed by atoms with Gasteiger partial charge in [0.05, 0.1) is 24.5 Å². The number of carboxylic acids is 1. The smallest absolute Gasteiger partial charge is 0.307 e. The van der Waals surface area contributed by atoms with Crippen LogP contribution in [0.1, 0.15) is 18.1 Å². The number of hydrogen-bond acceptors (Lipinski definition) is 2. The van der Waals surface area contributed by atoms with Crippen LogP contribution in [0.15, 0.2) is 18.2 Å². The predicted octanol–water partition coefficient (Wildman–Crippen LogP) is 2.12. The summed E-state index contributed by atoms with van der Waals surface area (Å²) in [6.45, 7) is 4.11. The van der Waals surface area contributed by atoms with Crippen molar-refractivity contribution >= 4 is 5.97 Å². The van der Waals surface area contributed by atoms with E-state index in [4.69, 9.17) is 9.84 Å². The highest BCUT2D eigenvalue weighted by Crippen LogP contribution is 2.40. The van der Waals surface area contributed by atoms with Crippen LogP contribution in [0.3, 0.4) is 0 Å². The fraction of sp³-hybridized carbons (Fsp3) is 0.462. The van der Waals surface area contributed by atoms with Crippen molar-refractivity contribution in [3.63, 3.8) is 0 Å². The molecule has 17 heavy (non-hydrogen) atoms. The molecule has 0 radical (unpaired) electrons. The molecule has 0 aromatic heterocycles. The molecule has 0 bridgehead atoms. The molecule has 1 heterocycles. The average Bonchev–Trinajstić information content (AvgIpc) is 2.21. The molecule has 92 valence electrons. The van der Waals surface area contributed by atoms with Crippen molar-refractivity contribution in [3.8, 4) is 0 Å². The normalized spacial score (nSPS) is 19.5. The Morgan fingerprint density at radius 1 is 1.53 bits per heavy atom. The van der Waals surface area contributed by atoms with Gasteiger partial charge >= 0.3 is 5.97 Å². The molecule has 2 rings (SSSR count). The van der Waals surface area contributed by atoms with E-state index in [1.165, 1.54) is 6.07 Å². The van der Waals surface area contributed by atoms with Gasteiger partial charge in [-0.05, 0) is 24.1 Å². The summed E-state index contributed by atoms with van der Waals surface area (Å²) in [5.74, 6) is -1.66. The number of hydrogen-bond donors (Lipinski definition) is 1. The van der Waals surface area contributed by atoms with E-state index in [2.05, 4.69) is 0 Å². The molecule has 0 amide bonds. The van der Waals surface area contributed by atoms with Gasteiger partial charge in [0.2, 0.25) is 0 Å². The van der Waals surface area contributed by atoms with Crippen LogP contribution in [0.5, 0.6) is 0 Å². The van der Waals surface area contributed by atoms with Crippen molar-refractivity contribution in [1.82, 2.24) is 0 Å². The summed E-state index contributed by atoms with van der Waals surface area (Å²) in [5.41, 5.74) is 0.869. The maximum absolute atomic E-state index is 13.2. The minimum absolute atomic E-state index is 0.271. The molecule has 0 spiro atoms. The maximum atomic E-state index is 13.2. The number of benzene rings is 1. The summed E-state index contributed by atoms with van der Waals surface area (Å²) < 4.78 is 18.4. The van der Waals surface area contributed by atoms with Crippen molar-refractivity contribution in [1.29, 1.82) is 0 Å². The molecule has 3 nitrogen and oxygen atoms in total. The van der Waals surface area contributed by atoms with Gasteiger partial charge in [0, 0.05) is 0 Å². The van der Waals surface area contributed by atoms with E-state index in [9.17, 15) is 9.18 Å². The zero-order valence-electron chi connectivity index (χ0n) is 9.87. The van der Waals surface area contributed by atoms with Crippen LogP contribution in [0, 0.1) is 18.7 Å². The first-order chi connectivity index (χ1) is 7.97. The van der Waals surface area contributed by atoms with Gasteiger partial charge in [0.15, 0.2) is 0 Å². The first-order valence-electron chi connectivity index (χ1n) is 5.54. The number of ether oxygens (including phenoxy) is 1. The predicted molar refractivity (Wildman–Crippen MR) is 60.4 cm³/mol. The van der Waals surface area contributed by atoms with Crippen LogP contribution in [-0.4, -0.2) is 24.3 Å². The second kappa shape index (κ2) is 4.11. The van der Waals surface area contributed by atoms with E-state index in [1.54, 1.807) is 26.0 Å². The van der Waals surface area contributed by atoms with Gasteiger partial charge in [-0.25, -0.2) is 4.39 Å². The monoisotopic (exact) mass is 238 g/mol. The van der Waals surface area contributed by atoms with E-state index in [-0.39, 0.29) is 5.82 Å². The first-order valence-corrected chi connectivity index (χ1v) is 5.54. The average molecular weight is 238 g/mol. The SMILES string of the molecule is Cc1cc(C2(C(C)C(=O)O)COC2)ccc1F. The Morgan fingerprint density at radius 3 is 2.59 bits per heavy atom. The number of carbonyl (C=O) groups is 1. The third-order valence-corrected chi connectivity index (χ3v) is 3.65. The maximum Gasteiger partial charge on any atom is 0.307 e. The zero-order valence-corrected chi connectivity index (χ0v) is 9.87. The lowest BCUT2D eigenvalue weighted by Gasteiger charge is -2.45. The molecule has 1 aliphatic heterocycles. The van der Waals surface area contributed by atoms with Crippen molar-refractivity contribution in [2.75, 3.05) is 13.2 Å². The molecule has 1 saturated heterocycles. The fourth-order valence-corrected chi connectivity index (χ4v) is 2.18. The van der Waals surface area contributed by atoms with Crippen molar-refractivity contribution in [2.45, 2.75) is 19.3 Å². The molecule has 4 heteroatoms. The number of rotatable bonds is 3. The third-order valence-electron chi connectivity index (χ3n) is 3.65. The quantitative estimate of drug-likeness (QED) is 0.877. The van der Waals surface area contributed by atoms with Gasteiger partial charge in [0.1, 0.15) is 5.82 Å². The molecule has 1 unspecified atom stereocenters. The zero-order chi connectivity index (χ0) is 12.6. The van der Waals surface area contributed by atoms with Gasteiger partial charge in [-0.3, -0.25) is 4.79 Å². The van der Waals surface area contributed by atoms with Gasteiger partial charge in [-0.2, -0.15) is 0 Å². The Hall–Kier alpha value is -1.42. The fourth-order valence-electron chi connectivity index (χ4n) is 2.18. The molecule has 1 fully saturated rings. The van der Waals surface area contributed by atoms with E-state index < -0.39 is 17.3 Å². The summed E-state index contributed by atoms with van der Waals surface area (Å²) in [7, 11) is 0. The van der Waals surface area contributed by atoms with Crippen LogP contribution < -0.4 is 0 Å². The van der Waals surface area contributed by atoms with Crippen LogP contribution >= 0.6 is 0 Å². The lowest BCUT2D eigenvalue weighted by Crippen LogP contribution is -2.53. The highest BCUT2D eigenvalue weighted by Gasteiger charge is 2.48. The summed E-state index contributed by atoms with van der Waals surface area (Å²) >= 11 is 0. The minimum atomic E-state index is -0.852. The molecule has 0 saturated carbocycles. The van der Waals surface area contributed by atoms with E-state index in [1.807, 2.05) is 0 Å². The Bertz CT molecular complexity index is 452. The molecule has 1 atom stereocenters. The van der Waals surface area contributed by atoms with Gasteiger partial charge in [-0.1, -0.05) is 19.1 Å². The van der Waals surface area contributed by atoms with Gasteiger partial charge < -0.3 is 9.84 Å². The highest BCUT2D eigenvalue weighted by atomic mass is 19.1. The molecule has 1 N–H and O–H groups in total. The largest absolute Gasteiger partial charge is 0.481 e. The van der Waals surface area contributed by atoms with Crippen molar-refractivity contribution in [2.24, 2.45) is 5.92 Å². The Morgan fingerprint density at radius 2 is 2.18 bits per heavy atom. The number of aryl methyl sites for hydroxylation is 1. The van der Waals surface area contributed by atoms with Crippen LogP contribution in [-0.2, 0) is 14.9 Å². The second-order valence-corrected chi connectivity index (χ2v) is 4.67. The Balaban J connectivity index is 2.41. The van der Waals surface area contributed by atoms with Gasteiger partial charge in [-0.15, -0.1) is 0 Å². The second-order valence-electron chi connectivity index (χ2n) is 4.67. The summed E-state index contributed by atoms with van der Waals surface area (Å²) in [5, 5.41) is 9.14. The lowest BCUT2D eigenvalue weighted by molar-refractivity contribution is -0.155. The Labute approximate surface area is 99.2 Å². The van der Waals surface area contributed by atoms with Crippen molar-refractivity contribution < 1.29 is 19.0 Å². The van der Waals surface area contributed by atoms with E-state index in [0.717, 1.165) is 5.56 Å². The molecule has 1 aliphatic rings. The van der Waals surface area contributed by atoms with E-state index in [0.29, 0.717) is 18.8 Å². The van der Waals surface area contributed by atoms with E-state index >= 15 is 0 Å². The first kappa shape index (κ1) is 12.0. The van der Waals surface area contributed by atoms with Crippen molar-refractivity contribution in [3.05, 3.63) is 35.1 Å². The highest BCUT2D eigenvalue weighted by molar-refractivity contribution is 5.72. The van der Waals surface area contributed by atoms with Crippen LogP contribution in [0.4, 0.5) is 4.39 Å². The summed E-state index contributed by atoms with van der Waals surface area (Å²) in [4.78, 5) is 11.1. The number of halogens is 1. The van der Waals surface area contributed by atoms with Gasteiger partial charge in [0.25, 0.3) is 0 Å². The minimum Gasteiger partial charge on any atom is -0.481 e. The third kappa shape index (κ3) is 1.82. The molecular weight excluding hydrogens is 223 g/mol. The topological polar surface area (TPSA) is 46.5 Å². The van der Waals surface area contributed by atoms with Crippen LogP contribution in [0.2, 0.25) is 0 Å². The molecular formula is C13H15FO3. The van der Waals surface area contributed by atoms with Crippen LogP contribution in [0.25, 0.3) is 0 Å².